The Kier molecular flexibility index (Phi) is 5.88. The van der Waals surface area contributed by atoms with E-state index in [0.717, 1.165) is 18.2 Å². The summed E-state index contributed by atoms with van der Waals surface area (Å²) in [6, 6.07) is 4.12. The minimum absolute atomic E-state index is 0.0175. The summed E-state index contributed by atoms with van der Waals surface area (Å²) in [6.45, 7) is -0.319. The lowest BCUT2D eigenvalue weighted by Gasteiger charge is -2.28. The van der Waals surface area contributed by atoms with Gasteiger partial charge in [0.2, 0.25) is 11.7 Å². The number of halogens is 4. The van der Waals surface area contributed by atoms with Gasteiger partial charge in [0, 0.05) is 29.1 Å². The van der Waals surface area contributed by atoms with E-state index in [0.29, 0.717) is 17.6 Å². The molecule has 1 atom stereocenters. The molecule has 4 aromatic rings. The first-order chi connectivity index (χ1) is 17.2. The molecule has 184 valence electrons. The van der Waals surface area contributed by atoms with Crippen LogP contribution in [-0.4, -0.2) is 38.7 Å². The van der Waals surface area contributed by atoms with Crippen LogP contribution >= 0.6 is 23.1 Å². The van der Waals surface area contributed by atoms with Crippen molar-refractivity contribution in [2.24, 2.45) is 0 Å². The third-order valence-electron chi connectivity index (χ3n) is 5.53. The van der Waals surface area contributed by atoms with Gasteiger partial charge in [-0.1, -0.05) is 11.6 Å². The van der Waals surface area contributed by atoms with E-state index in [-0.39, 0.29) is 50.2 Å². The standard InChI is InChI=1S/C22H14ClF3N6O3S/c1-27-22(35)20-29-19(30-21(34)16-11-5-9(25)6-13(26)18(11)36-31-16)17-15(28-14(33)7-32(17)20)10-4-8(24)2-3-12(10)23/h2-6,15H,7H2,1H3,(H,27,35)(H,28,33)(H,30,34)/t15-/m0/s1. The van der Waals surface area contributed by atoms with E-state index in [1.54, 1.807) is 0 Å². The molecular formula is C22H14ClF3N6O3S. The van der Waals surface area contributed by atoms with E-state index in [9.17, 15) is 27.6 Å². The maximum absolute atomic E-state index is 14.1. The average molecular weight is 535 g/mol. The first kappa shape index (κ1) is 23.8. The molecule has 5 rings (SSSR count). The van der Waals surface area contributed by atoms with Crippen LogP contribution in [0.15, 0.2) is 30.3 Å². The first-order valence-electron chi connectivity index (χ1n) is 10.3. The number of imidazole rings is 1. The number of carbonyl (C=O) groups excluding carboxylic acids is 3. The largest absolute Gasteiger partial charge is 0.352 e. The van der Waals surface area contributed by atoms with Crippen molar-refractivity contribution in [3.05, 3.63) is 75.6 Å². The lowest BCUT2D eigenvalue weighted by molar-refractivity contribution is -0.123. The Morgan fingerprint density at radius 1 is 1.17 bits per heavy atom. The number of nitrogens with zero attached hydrogens (tertiary/aromatic N) is 3. The van der Waals surface area contributed by atoms with Crippen LogP contribution in [0.3, 0.4) is 0 Å². The molecule has 3 N–H and O–H groups in total. The molecule has 0 saturated heterocycles. The van der Waals surface area contributed by atoms with Crippen molar-refractivity contribution in [1.29, 1.82) is 0 Å². The number of nitrogens with one attached hydrogen (secondary N) is 3. The predicted molar refractivity (Wildman–Crippen MR) is 125 cm³/mol. The molecule has 1 aliphatic heterocycles. The predicted octanol–water partition coefficient (Wildman–Crippen LogP) is 3.39. The van der Waals surface area contributed by atoms with E-state index in [2.05, 4.69) is 25.3 Å². The van der Waals surface area contributed by atoms with Crippen LogP contribution in [-0.2, 0) is 11.3 Å². The Bertz CT molecular complexity index is 1590. The average Bonchev–Trinajstić information content (AvgIpc) is 3.41. The summed E-state index contributed by atoms with van der Waals surface area (Å²) < 4.78 is 47.2. The maximum atomic E-state index is 14.1. The van der Waals surface area contributed by atoms with Crippen molar-refractivity contribution in [1.82, 2.24) is 24.6 Å². The Labute approximate surface area is 209 Å². The van der Waals surface area contributed by atoms with Crippen LogP contribution < -0.4 is 16.0 Å². The number of anilines is 1. The SMILES string of the molecule is CNC(=O)c1nc(NC(=O)c2nsc3c(F)cc(F)cc23)c2n1CC(=O)N[C@H]2c1cc(F)ccc1Cl. The molecule has 0 spiro atoms. The van der Waals surface area contributed by atoms with Gasteiger partial charge >= 0.3 is 0 Å². The highest BCUT2D eigenvalue weighted by Gasteiger charge is 2.36. The molecule has 2 aromatic heterocycles. The lowest BCUT2D eigenvalue weighted by atomic mass is 10.0. The summed E-state index contributed by atoms with van der Waals surface area (Å²) in [4.78, 5) is 42.4. The molecule has 0 radical (unpaired) electrons. The van der Waals surface area contributed by atoms with Gasteiger partial charge in [0.15, 0.2) is 5.82 Å². The number of amides is 3. The summed E-state index contributed by atoms with van der Waals surface area (Å²) >= 11 is 6.95. The zero-order valence-electron chi connectivity index (χ0n) is 18.2. The van der Waals surface area contributed by atoms with Crippen LogP contribution in [0.5, 0.6) is 0 Å². The minimum Gasteiger partial charge on any atom is -0.352 e. The molecule has 0 unspecified atom stereocenters. The zero-order chi connectivity index (χ0) is 25.7. The van der Waals surface area contributed by atoms with Gasteiger partial charge in [0.25, 0.3) is 11.8 Å². The fourth-order valence-electron chi connectivity index (χ4n) is 3.97. The lowest BCUT2D eigenvalue weighted by Crippen LogP contribution is -2.41. The fraction of sp³-hybridized carbons (Fsp3) is 0.136. The van der Waals surface area contributed by atoms with Crippen LogP contribution in [0.1, 0.15) is 38.4 Å². The summed E-state index contributed by atoms with van der Waals surface area (Å²) in [5.74, 6) is -4.77. The Hall–Kier alpha value is -3.97. The van der Waals surface area contributed by atoms with Crippen molar-refractivity contribution in [3.63, 3.8) is 0 Å². The van der Waals surface area contributed by atoms with Gasteiger partial charge in [-0.15, -0.1) is 0 Å². The molecule has 3 amide bonds. The second-order valence-corrected chi connectivity index (χ2v) is 8.93. The number of benzene rings is 2. The highest BCUT2D eigenvalue weighted by atomic mass is 35.5. The van der Waals surface area contributed by atoms with Crippen molar-refractivity contribution in [2.75, 3.05) is 12.4 Å². The molecule has 9 nitrogen and oxygen atoms in total. The molecule has 0 fully saturated rings. The van der Waals surface area contributed by atoms with Crippen LogP contribution in [0, 0.1) is 17.5 Å². The molecule has 2 aromatic carbocycles. The maximum Gasteiger partial charge on any atom is 0.287 e. The van der Waals surface area contributed by atoms with E-state index >= 15 is 0 Å². The van der Waals surface area contributed by atoms with Gasteiger partial charge in [-0.3, -0.25) is 14.4 Å². The fourth-order valence-corrected chi connectivity index (χ4v) is 4.97. The number of carbonyl (C=O) groups is 3. The van der Waals surface area contributed by atoms with Gasteiger partial charge in [0.1, 0.15) is 29.7 Å². The molecule has 0 aliphatic carbocycles. The smallest absolute Gasteiger partial charge is 0.287 e. The molecule has 3 heterocycles. The normalized spacial score (nSPS) is 14.9. The molecule has 1 aliphatic rings. The molecular weight excluding hydrogens is 521 g/mol. The number of hydrogen-bond acceptors (Lipinski definition) is 6. The first-order valence-corrected chi connectivity index (χ1v) is 11.5. The van der Waals surface area contributed by atoms with Crippen LogP contribution in [0.2, 0.25) is 5.02 Å². The highest BCUT2D eigenvalue weighted by Crippen LogP contribution is 2.36. The van der Waals surface area contributed by atoms with Gasteiger partial charge < -0.3 is 20.5 Å². The summed E-state index contributed by atoms with van der Waals surface area (Å²) in [6.07, 6.45) is 0. The number of aromatic nitrogens is 3. The zero-order valence-corrected chi connectivity index (χ0v) is 19.7. The molecule has 0 saturated carbocycles. The minimum atomic E-state index is -1.09. The number of fused-ring (bicyclic) bond motifs is 2. The Morgan fingerprint density at radius 2 is 1.94 bits per heavy atom. The monoisotopic (exact) mass is 534 g/mol. The summed E-state index contributed by atoms with van der Waals surface area (Å²) in [5, 5.41) is 7.66. The van der Waals surface area contributed by atoms with Crippen LogP contribution in [0.4, 0.5) is 19.0 Å². The summed E-state index contributed by atoms with van der Waals surface area (Å²) in [7, 11) is 1.36. The van der Waals surface area contributed by atoms with Crippen molar-refractivity contribution >= 4 is 56.8 Å². The third-order valence-corrected chi connectivity index (χ3v) is 6.74. The highest BCUT2D eigenvalue weighted by molar-refractivity contribution is 7.13. The van der Waals surface area contributed by atoms with Crippen molar-refractivity contribution < 1.29 is 27.6 Å². The number of rotatable bonds is 4. The molecule has 0 bridgehead atoms. The summed E-state index contributed by atoms with van der Waals surface area (Å²) in [5.41, 5.74) is 0.0378. The van der Waals surface area contributed by atoms with Crippen molar-refractivity contribution in [3.8, 4) is 0 Å². The van der Waals surface area contributed by atoms with E-state index < -0.39 is 41.2 Å². The Balaban J connectivity index is 1.65. The van der Waals surface area contributed by atoms with Gasteiger partial charge in [-0.25, -0.2) is 18.2 Å². The molecule has 14 heteroatoms. The third kappa shape index (κ3) is 3.95. The quantitative estimate of drug-likeness (QED) is 0.371. The second-order valence-electron chi connectivity index (χ2n) is 7.75. The van der Waals surface area contributed by atoms with E-state index in [4.69, 9.17) is 11.6 Å². The van der Waals surface area contributed by atoms with Gasteiger partial charge in [0.05, 0.1) is 16.4 Å². The van der Waals surface area contributed by atoms with E-state index in [1.165, 1.54) is 17.7 Å². The molecule has 36 heavy (non-hydrogen) atoms. The second kappa shape index (κ2) is 8.91. The van der Waals surface area contributed by atoms with Crippen molar-refractivity contribution in [2.45, 2.75) is 12.6 Å². The van der Waals surface area contributed by atoms with Gasteiger partial charge in [-0.05, 0) is 35.8 Å². The van der Waals surface area contributed by atoms with Crippen LogP contribution in [0.25, 0.3) is 10.1 Å². The van der Waals surface area contributed by atoms with E-state index in [1.807, 2.05) is 0 Å². The topological polar surface area (TPSA) is 118 Å². The Morgan fingerprint density at radius 3 is 2.69 bits per heavy atom. The number of hydrogen-bond donors (Lipinski definition) is 3. The van der Waals surface area contributed by atoms with Gasteiger partial charge in [-0.2, -0.15) is 4.37 Å².